The first kappa shape index (κ1) is 25.7. The monoisotopic (exact) mass is 548 g/mol. The normalized spacial score (nSPS) is 16.5. The van der Waals surface area contributed by atoms with Gasteiger partial charge in [0.1, 0.15) is 24.8 Å². The van der Waals surface area contributed by atoms with Crippen LogP contribution < -0.4 is 20.7 Å². The number of alkyl carbamates (subject to hydrolysis) is 1. The van der Waals surface area contributed by atoms with E-state index in [0.717, 1.165) is 26.5 Å². The highest BCUT2D eigenvalue weighted by Crippen LogP contribution is 2.33. The molecule has 0 unspecified atom stereocenters. The van der Waals surface area contributed by atoms with E-state index < -0.39 is 6.09 Å². The maximum atomic E-state index is 11.6. The number of carbonyl (C=O) groups is 1. The lowest BCUT2D eigenvalue weighted by molar-refractivity contribution is 0.107. The Balaban J connectivity index is 1.24. The highest BCUT2D eigenvalue weighted by Gasteiger charge is 2.25. The van der Waals surface area contributed by atoms with Crippen LogP contribution in [-0.2, 0) is 11.3 Å². The van der Waals surface area contributed by atoms with Crippen molar-refractivity contribution in [1.82, 2.24) is 25.6 Å². The quantitative estimate of drug-likeness (QED) is 0.280. The van der Waals surface area contributed by atoms with E-state index >= 15 is 0 Å². The van der Waals surface area contributed by atoms with Crippen LogP contribution >= 0.6 is 22.9 Å². The molecule has 3 aromatic heterocycles. The molecule has 1 aliphatic heterocycles. The van der Waals surface area contributed by atoms with Crippen LogP contribution in [0.5, 0.6) is 5.75 Å². The number of fused-ring (bicyclic) bond motifs is 1. The summed E-state index contributed by atoms with van der Waals surface area (Å²) in [4.78, 5) is 25.6. The molecule has 0 bridgehead atoms. The Kier molecular flexibility index (Phi) is 8.19. The van der Waals surface area contributed by atoms with Crippen LogP contribution in [0.25, 0.3) is 10.2 Å². The topological polar surface area (TPSA) is 110 Å². The number of thiophene rings is 1. The average Bonchev–Trinajstić information content (AvgIpc) is 3.55. The van der Waals surface area contributed by atoms with Crippen molar-refractivity contribution in [3.8, 4) is 17.6 Å². The van der Waals surface area contributed by atoms with Gasteiger partial charge in [-0.3, -0.25) is 10.3 Å². The summed E-state index contributed by atoms with van der Waals surface area (Å²) in [7, 11) is 0. The second kappa shape index (κ2) is 12.1. The SMILES string of the molecule is CCNC(=O)O[C@@H]1CN[C@@H](C#Cc2cc3ncnc(Nc4ccc(OCc5ccccn5)c(Cl)c4)c3s2)C1. The molecule has 0 spiro atoms. The molecule has 3 N–H and O–H groups in total. The molecule has 4 aromatic rings. The number of amides is 1. The predicted octanol–water partition coefficient (Wildman–Crippen LogP) is 4.89. The summed E-state index contributed by atoms with van der Waals surface area (Å²) in [5.74, 6) is 7.70. The minimum absolute atomic E-state index is 0.0520. The molecule has 5 rings (SSSR count). The summed E-state index contributed by atoms with van der Waals surface area (Å²) in [5.41, 5.74) is 2.39. The molecule has 38 heavy (non-hydrogen) atoms. The summed E-state index contributed by atoms with van der Waals surface area (Å²) >= 11 is 7.98. The number of hydrogen-bond acceptors (Lipinski definition) is 9. The number of carbonyl (C=O) groups excluding carboxylic acids is 1. The van der Waals surface area contributed by atoms with Gasteiger partial charge in [0.05, 0.1) is 31.9 Å². The summed E-state index contributed by atoms with van der Waals surface area (Å²) in [6.07, 6.45) is 3.29. The number of hydrogen-bond donors (Lipinski definition) is 3. The molecule has 0 saturated carbocycles. The molecule has 0 radical (unpaired) electrons. The van der Waals surface area contributed by atoms with Gasteiger partial charge in [-0.05, 0) is 43.3 Å². The predicted molar refractivity (Wildman–Crippen MR) is 148 cm³/mol. The molecule has 0 aliphatic carbocycles. The molecule has 1 saturated heterocycles. The van der Waals surface area contributed by atoms with Crippen LogP contribution in [0.4, 0.5) is 16.3 Å². The zero-order valence-electron chi connectivity index (χ0n) is 20.5. The second-order valence-electron chi connectivity index (χ2n) is 8.45. The number of pyridine rings is 1. The van der Waals surface area contributed by atoms with E-state index in [1.165, 1.54) is 17.7 Å². The second-order valence-corrected chi connectivity index (χ2v) is 9.91. The molecule has 4 heterocycles. The van der Waals surface area contributed by atoms with Gasteiger partial charge in [0.25, 0.3) is 0 Å². The van der Waals surface area contributed by atoms with Gasteiger partial charge < -0.3 is 20.1 Å². The summed E-state index contributed by atoms with van der Waals surface area (Å²) in [5, 5.41) is 9.74. The maximum absolute atomic E-state index is 11.6. The number of ether oxygens (including phenoxy) is 2. The van der Waals surface area contributed by atoms with Gasteiger partial charge in [-0.15, -0.1) is 11.3 Å². The van der Waals surface area contributed by atoms with E-state index in [9.17, 15) is 4.79 Å². The van der Waals surface area contributed by atoms with E-state index in [0.29, 0.717) is 42.7 Å². The lowest BCUT2D eigenvalue weighted by Gasteiger charge is -2.11. The van der Waals surface area contributed by atoms with E-state index in [1.54, 1.807) is 12.3 Å². The maximum Gasteiger partial charge on any atom is 0.407 e. The van der Waals surface area contributed by atoms with Crippen molar-refractivity contribution in [2.24, 2.45) is 0 Å². The van der Waals surface area contributed by atoms with Crippen molar-refractivity contribution in [2.45, 2.75) is 32.1 Å². The third kappa shape index (κ3) is 6.50. The van der Waals surface area contributed by atoms with Crippen molar-refractivity contribution in [3.63, 3.8) is 0 Å². The molecular weight excluding hydrogens is 524 g/mol. The van der Waals surface area contributed by atoms with Crippen LogP contribution in [0.3, 0.4) is 0 Å². The van der Waals surface area contributed by atoms with Gasteiger partial charge in [0, 0.05) is 31.4 Å². The highest BCUT2D eigenvalue weighted by molar-refractivity contribution is 7.20. The van der Waals surface area contributed by atoms with Crippen molar-refractivity contribution < 1.29 is 14.3 Å². The summed E-state index contributed by atoms with van der Waals surface area (Å²) in [6.45, 7) is 3.30. The zero-order chi connectivity index (χ0) is 26.3. The van der Waals surface area contributed by atoms with Gasteiger partial charge in [-0.1, -0.05) is 29.5 Å². The zero-order valence-corrected chi connectivity index (χ0v) is 22.1. The largest absolute Gasteiger partial charge is 0.486 e. The Morgan fingerprint density at radius 1 is 1.24 bits per heavy atom. The molecule has 11 heteroatoms. The van der Waals surface area contributed by atoms with Gasteiger partial charge >= 0.3 is 6.09 Å². The Morgan fingerprint density at radius 3 is 2.97 bits per heavy atom. The number of halogens is 1. The first-order chi connectivity index (χ1) is 18.6. The highest BCUT2D eigenvalue weighted by atomic mass is 35.5. The summed E-state index contributed by atoms with van der Waals surface area (Å²) < 4.78 is 12.1. The molecule has 9 nitrogen and oxygen atoms in total. The van der Waals surface area contributed by atoms with Gasteiger partial charge in [0.15, 0.2) is 5.82 Å². The van der Waals surface area contributed by atoms with Crippen molar-refractivity contribution >= 4 is 50.8 Å². The van der Waals surface area contributed by atoms with Gasteiger partial charge in [-0.25, -0.2) is 14.8 Å². The third-order valence-electron chi connectivity index (χ3n) is 5.66. The van der Waals surface area contributed by atoms with Crippen molar-refractivity contribution in [1.29, 1.82) is 0 Å². The Morgan fingerprint density at radius 2 is 2.16 bits per heavy atom. The van der Waals surface area contributed by atoms with Crippen LogP contribution in [-0.4, -0.2) is 46.3 Å². The molecule has 1 aromatic carbocycles. The lowest BCUT2D eigenvalue weighted by Crippen LogP contribution is -2.29. The number of aromatic nitrogens is 3. The number of nitrogens with one attached hydrogen (secondary N) is 3. The van der Waals surface area contributed by atoms with Crippen LogP contribution in [0, 0.1) is 11.8 Å². The smallest absolute Gasteiger partial charge is 0.407 e. The first-order valence-corrected chi connectivity index (χ1v) is 13.3. The van der Waals surface area contributed by atoms with Crippen molar-refractivity contribution in [3.05, 3.63) is 70.6 Å². The average molecular weight is 549 g/mol. The fourth-order valence-electron chi connectivity index (χ4n) is 3.87. The summed E-state index contributed by atoms with van der Waals surface area (Å²) in [6, 6.07) is 13.1. The van der Waals surface area contributed by atoms with Crippen LogP contribution in [0.2, 0.25) is 5.02 Å². The number of benzene rings is 1. The molecule has 2 atom stereocenters. The molecule has 1 amide bonds. The fraction of sp³-hybridized carbons (Fsp3) is 0.259. The number of anilines is 2. The standard InChI is InChI=1S/C27H25ClN6O3S/c1-2-29-27(35)37-20-11-17(31-14-20)6-8-21-13-23-25(38-21)26(33-16-32-23)34-18-7-9-24(22(28)12-18)36-15-19-5-3-4-10-30-19/h3-5,7,9-10,12-13,16-17,20,31H,2,11,14-15H2,1H3,(H,29,35)(H,32,33,34)/t17-,20-/m0/s1. The Bertz CT molecular complexity index is 1490. The van der Waals surface area contributed by atoms with E-state index in [1.807, 2.05) is 43.3 Å². The number of nitrogens with zero attached hydrogens (tertiary/aromatic N) is 3. The molecule has 1 aliphatic rings. The van der Waals surface area contributed by atoms with E-state index in [2.05, 4.69) is 42.7 Å². The van der Waals surface area contributed by atoms with Crippen molar-refractivity contribution in [2.75, 3.05) is 18.4 Å². The molecule has 1 fully saturated rings. The third-order valence-corrected chi connectivity index (χ3v) is 7.00. The first-order valence-electron chi connectivity index (χ1n) is 12.1. The van der Waals surface area contributed by atoms with Gasteiger partial charge in [0.2, 0.25) is 0 Å². The van der Waals surface area contributed by atoms with E-state index in [-0.39, 0.29) is 12.1 Å². The molecule has 194 valence electrons. The minimum atomic E-state index is -0.399. The fourth-order valence-corrected chi connectivity index (χ4v) is 5.02. The lowest BCUT2D eigenvalue weighted by atomic mass is 10.2. The Hall–Kier alpha value is -3.91. The number of rotatable bonds is 7. The van der Waals surface area contributed by atoms with E-state index in [4.69, 9.17) is 21.1 Å². The van der Waals surface area contributed by atoms with Gasteiger partial charge in [-0.2, -0.15) is 0 Å². The van der Waals surface area contributed by atoms with Crippen LogP contribution in [0.1, 0.15) is 23.9 Å². The Labute approximate surface area is 229 Å². The minimum Gasteiger partial charge on any atom is -0.486 e. The molecular formula is C27H25ClN6O3S. The van der Waals surface area contributed by atoms with Crippen LogP contribution in [0.15, 0.2) is 55.0 Å².